The van der Waals surface area contributed by atoms with Gasteiger partial charge in [-0.3, -0.25) is 14.4 Å². The number of carbonyl (C=O) groups excluding carboxylic acids is 2. The first kappa shape index (κ1) is 24.1. The van der Waals surface area contributed by atoms with Crippen molar-refractivity contribution < 1.29 is 37.1 Å². The molecule has 32 heavy (non-hydrogen) atoms. The van der Waals surface area contributed by atoms with Crippen LogP contribution in [0.3, 0.4) is 0 Å². The fourth-order valence-corrected chi connectivity index (χ4v) is 2.67. The van der Waals surface area contributed by atoms with Gasteiger partial charge in [-0.25, -0.2) is 17.6 Å². The van der Waals surface area contributed by atoms with Crippen LogP contribution in [0, 0.1) is 23.3 Å². The number of nitrogens with one attached hydrogen (secondary N) is 3. The number of carbonyl (C=O) groups is 3. The Kier molecular flexibility index (Phi) is 8.10. The van der Waals surface area contributed by atoms with Gasteiger partial charge in [0, 0.05) is 17.3 Å². The van der Waals surface area contributed by atoms with Gasteiger partial charge in [0.05, 0.1) is 24.6 Å². The average molecular weight is 455 g/mol. The Morgan fingerprint density at radius 1 is 1.09 bits per heavy atom. The summed E-state index contributed by atoms with van der Waals surface area (Å²) in [6.07, 6.45) is 0.0907. The number of rotatable bonds is 9. The Balaban J connectivity index is 2.12. The van der Waals surface area contributed by atoms with E-state index >= 15 is 0 Å². The number of benzene rings is 2. The van der Waals surface area contributed by atoms with Gasteiger partial charge in [-0.05, 0) is 18.2 Å². The number of hydrogen-bond donors (Lipinski definition) is 5. The average Bonchev–Trinajstić information content (AvgIpc) is 2.74. The van der Waals surface area contributed by atoms with Crippen molar-refractivity contribution in [2.45, 2.75) is 12.5 Å². The summed E-state index contributed by atoms with van der Waals surface area (Å²) in [5.41, 5.74) is -0.707. The summed E-state index contributed by atoms with van der Waals surface area (Å²) in [5, 5.41) is 19.0. The minimum Gasteiger partial charge on any atom is -0.481 e. The minimum atomic E-state index is -1.94. The molecule has 0 fully saturated rings. The Hall–Kier alpha value is -4.16. The Morgan fingerprint density at radius 3 is 2.34 bits per heavy atom. The largest absolute Gasteiger partial charge is 0.481 e. The third kappa shape index (κ3) is 6.17. The van der Waals surface area contributed by atoms with Crippen molar-refractivity contribution >= 4 is 29.8 Å². The Morgan fingerprint density at radius 2 is 1.75 bits per heavy atom. The zero-order valence-corrected chi connectivity index (χ0v) is 16.2. The van der Waals surface area contributed by atoms with Crippen molar-refractivity contribution in [2.24, 2.45) is 10.9 Å². The number of amides is 2. The standard InChI is InChI=1S/C19H17F4N5O4/c20-11-5-12(21)18(23)16(17(11)22)13(6-15(30)31)28-14(29)7-25-19(32)9-2-1-3-10(4-9)26-8-27-24/h1-5,8,13H,6-7,24H2,(H,25,32)(H,26,27)(H,28,29)(H,30,31). The number of hydrazone groups is 1. The van der Waals surface area contributed by atoms with E-state index in [2.05, 4.69) is 15.7 Å². The molecule has 0 saturated carbocycles. The highest BCUT2D eigenvalue weighted by Crippen LogP contribution is 2.27. The smallest absolute Gasteiger partial charge is 0.305 e. The number of halogens is 4. The van der Waals surface area contributed by atoms with E-state index in [0.29, 0.717) is 5.69 Å². The third-order valence-corrected chi connectivity index (χ3v) is 4.05. The lowest BCUT2D eigenvalue weighted by Crippen LogP contribution is -2.40. The molecule has 0 aromatic heterocycles. The fraction of sp³-hybridized carbons (Fsp3) is 0.158. The first-order valence-corrected chi connectivity index (χ1v) is 8.84. The fourth-order valence-electron chi connectivity index (χ4n) is 2.67. The summed E-state index contributed by atoms with van der Waals surface area (Å²) < 4.78 is 55.0. The lowest BCUT2D eigenvalue weighted by Gasteiger charge is -2.19. The molecule has 2 amide bonds. The summed E-state index contributed by atoms with van der Waals surface area (Å²) in [4.78, 5) is 35.4. The van der Waals surface area contributed by atoms with E-state index in [4.69, 9.17) is 10.9 Å². The SMILES string of the molecule is NN=CNc1cccc(C(=O)NCC(=O)NC(CC(=O)O)c2c(F)c(F)cc(F)c2F)c1. The number of nitrogens with two attached hydrogens (primary N) is 1. The van der Waals surface area contributed by atoms with Crippen molar-refractivity contribution in [1.82, 2.24) is 10.6 Å². The van der Waals surface area contributed by atoms with E-state index < -0.39 is 65.6 Å². The van der Waals surface area contributed by atoms with Crippen molar-refractivity contribution in [2.75, 3.05) is 11.9 Å². The van der Waals surface area contributed by atoms with Crippen LogP contribution in [0.25, 0.3) is 0 Å². The summed E-state index contributed by atoms with van der Waals surface area (Å²) >= 11 is 0. The van der Waals surface area contributed by atoms with Crippen LogP contribution in [0.15, 0.2) is 35.4 Å². The van der Waals surface area contributed by atoms with Crippen LogP contribution >= 0.6 is 0 Å². The van der Waals surface area contributed by atoms with Gasteiger partial charge in [0.25, 0.3) is 5.91 Å². The molecule has 0 aliphatic rings. The molecule has 2 aromatic rings. The second-order valence-corrected chi connectivity index (χ2v) is 6.29. The van der Waals surface area contributed by atoms with Crippen LogP contribution < -0.4 is 21.8 Å². The van der Waals surface area contributed by atoms with Gasteiger partial charge in [0.15, 0.2) is 23.3 Å². The molecule has 1 unspecified atom stereocenters. The van der Waals surface area contributed by atoms with Crippen molar-refractivity contribution in [1.29, 1.82) is 0 Å². The predicted octanol–water partition coefficient (Wildman–Crippen LogP) is 1.62. The first-order valence-electron chi connectivity index (χ1n) is 8.84. The molecule has 0 aliphatic heterocycles. The monoisotopic (exact) mass is 455 g/mol. The Labute approximate surface area is 178 Å². The highest BCUT2D eigenvalue weighted by Gasteiger charge is 2.29. The zero-order chi connectivity index (χ0) is 23.8. The van der Waals surface area contributed by atoms with E-state index in [1.807, 2.05) is 5.32 Å². The molecule has 6 N–H and O–H groups in total. The van der Waals surface area contributed by atoms with Crippen LogP contribution in [0.4, 0.5) is 23.2 Å². The number of carboxylic acid groups (broad SMARTS) is 1. The maximum absolute atomic E-state index is 14.0. The van der Waals surface area contributed by atoms with Crippen molar-refractivity contribution in [3.05, 3.63) is 64.7 Å². The molecule has 2 aromatic carbocycles. The van der Waals surface area contributed by atoms with Crippen molar-refractivity contribution in [3.8, 4) is 0 Å². The number of carboxylic acids is 1. The van der Waals surface area contributed by atoms with Gasteiger partial charge in [-0.1, -0.05) is 6.07 Å². The lowest BCUT2D eigenvalue weighted by molar-refractivity contribution is -0.137. The van der Waals surface area contributed by atoms with Gasteiger partial charge in [-0.2, -0.15) is 5.10 Å². The number of anilines is 1. The molecular weight excluding hydrogens is 438 g/mol. The van der Waals surface area contributed by atoms with Gasteiger partial charge in [0.2, 0.25) is 5.91 Å². The normalized spacial score (nSPS) is 11.8. The van der Waals surface area contributed by atoms with E-state index in [0.717, 1.165) is 0 Å². The number of hydrogen-bond acceptors (Lipinski definition) is 5. The van der Waals surface area contributed by atoms with E-state index in [1.165, 1.54) is 24.5 Å². The van der Waals surface area contributed by atoms with Crippen LogP contribution in [-0.2, 0) is 9.59 Å². The maximum atomic E-state index is 14.0. The van der Waals surface area contributed by atoms with Crippen LogP contribution in [0.5, 0.6) is 0 Å². The third-order valence-electron chi connectivity index (χ3n) is 4.05. The summed E-state index contributed by atoms with van der Waals surface area (Å²) in [5.74, 6) is -5.62. The molecule has 2 rings (SSSR count). The number of aliphatic carboxylic acids is 1. The second-order valence-electron chi connectivity index (χ2n) is 6.29. The lowest BCUT2D eigenvalue weighted by atomic mass is 10.0. The minimum absolute atomic E-state index is 0.0452. The second kappa shape index (κ2) is 10.7. The molecule has 0 heterocycles. The molecule has 9 nitrogen and oxygen atoms in total. The molecule has 170 valence electrons. The maximum Gasteiger partial charge on any atom is 0.305 e. The summed E-state index contributed by atoms with van der Waals surface area (Å²) in [6.45, 7) is -0.724. The summed E-state index contributed by atoms with van der Waals surface area (Å²) in [6, 6.07) is 3.96. The molecule has 1 atom stereocenters. The quantitative estimate of drug-likeness (QED) is 0.0970. The zero-order valence-electron chi connectivity index (χ0n) is 16.2. The molecule has 0 radical (unpaired) electrons. The first-order chi connectivity index (χ1) is 15.1. The predicted molar refractivity (Wildman–Crippen MR) is 104 cm³/mol. The molecule has 0 bridgehead atoms. The van der Waals surface area contributed by atoms with E-state index in [9.17, 15) is 31.9 Å². The number of nitrogens with zero attached hydrogens (tertiary/aromatic N) is 1. The molecule has 0 saturated heterocycles. The van der Waals surface area contributed by atoms with Crippen molar-refractivity contribution in [3.63, 3.8) is 0 Å². The van der Waals surface area contributed by atoms with Gasteiger partial charge in [0.1, 0.15) is 6.34 Å². The van der Waals surface area contributed by atoms with E-state index in [1.54, 1.807) is 6.07 Å². The molecule has 0 aliphatic carbocycles. The summed E-state index contributed by atoms with van der Waals surface area (Å²) in [7, 11) is 0. The van der Waals surface area contributed by atoms with Gasteiger partial charge >= 0.3 is 5.97 Å². The highest BCUT2D eigenvalue weighted by molar-refractivity contribution is 5.97. The molecule has 0 spiro atoms. The van der Waals surface area contributed by atoms with Crippen LogP contribution in [-0.4, -0.2) is 35.8 Å². The van der Waals surface area contributed by atoms with Crippen LogP contribution in [0.1, 0.15) is 28.4 Å². The van der Waals surface area contributed by atoms with Gasteiger partial charge in [-0.15, -0.1) is 0 Å². The van der Waals surface area contributed by atoms with E-state index in [-0.39, 0.29) is 11.6 Å². The highest BCUT2D eigenvalue weighted by atomic mass is 19.2. The van der Waals surface area contributed by atoms with Gasteiger partial charge < -0.3 is 26.9 Å². The topological polar surface area (TPSA) is 146 Å². The molecular formula is C19H17F4N5O4. The Bertz CT molecular complexity index is 1040. The molecule has 13 heteroatoms. The van der Waals surface area contributed by atoms with Crippen LogP contribution in [0.2, 0.25) is 0 Å².